The molecule has 1 aromatic carbocycles. The molecule has 0 saturated carbocycles. The first-order valence-corrected chi connectivity index (χ1v) is 7.72. The Morgan fingerprint density at radius 1 is 1.36 bits per heavy atom. The van der Waals surface area contributed by atoms with E-state index < -0.39 is 23.2 Å². The van der Waals surface area contributed by atoms with Crippen molar-refractivity contribution in [3.63, 3.8) is 0 Å². The van der Waals surface area contributed by atoms with Gasteiger partial charge in [-0.1, -0.05) is 29.3 Å². The smallest absolute Gasteiger partial charge is 0.328 e. The van der Waals surface area contributed by atoms with Crippen molar-refractivity contribution in [1.82, 2.24) is 4.90 Å². The van der Waals surface area contributed by atoms with Crippen LogP contribution in [0.15, 0.2) is 23.1 Å². The quantitative estimate of drug-likeness (QED) is 0.609. The van der Waals surface area contributed by atoms with Gasteiger partial charge in [0.25, 0.3) is 11.1 Å². The zero-order valence-electron chi connectivity index (χ0n) is 11.6. The monoisotopic (exact) mass is 359 g/mol. The van der Waals surface area contributed by atoms with E-state index in [-0.39, 0.29) is 4.91 Å². The third-order valence-corrected chi connectivity index (χ3v) is 4.45. The first-order chi connectivity index (χ1) is 10.3. The molecule has 0 N–H and O–H groups in total. The van der Waals surface area contributed by atoms with Gasteiger partial charge in [-0.2, -0.15) is 0 Å². The number of nitrogens with zero attached hydrogens (tertiary/aromatic N) is 1. The summed E-state index contributed by atoms with van der Waals surface area (Å²) in [6.07, 6.45) is 1.49. The van der Waals surface area contributed by atoms with E-state index >= 15 is 0 Å². The summed E-state index contributed by atoms with van der Waals surface area (Å²) in [6.45, 7) is 1.43. The fraction of sp³-hybridized carbons (Fsp3) is 0.214. The third kappa shape index (κ3) is 3.29. The lowest BCUT2D eigenvalue weighted by Gasteiger charge is -2.18. The second kappa shape index (κ2) is 6.73. The lowest BCUT2D eigenvalue weighted by Crippen LogP contribution is -2.42. The van der Waals surface area contributed by atoms with E-state index in [1.165, 1.54) is 26.2 Å². The molecule has 0 aliphatic carbocycles. The maximum atomic E-state index is 12.3. The average Bonchev–Trinajstić information content (AvgIpc) is 2.75. The van der Waals surface area contributed by atoms with Crippen LogP contribution in [0.4, 0.5) is 4.79 Å². The van der Waals surface area contributed by atoms with Crippen LogP contribution in [0.25, 0.3) is 6.08 Å². The van der Waals surface area contributed by atoms with Crippen molar-refractivity contribution in [2.45, 2.75) is 13.0 Å². The molecular formula is C14H11Cl2NO4S. The van der Waals surface area contributed by atoms with Crippen molar-refractivity contribution in [3.8, 4) is 0 Å². The van der Waals surface area contributed by atoms with Gasteiger partial charge in [-0.25, -0.2) is 4.79 Å². The van der Waals surface area contributed by atoms with Gasteiger partial charge in [0.2, 0.25) is 0 Å². The highest BCUT2D eigenvalue weighted by Gasteiger charge is 2.41. The van der Waals surface area contributed by atoms with Crippen LogP contribution < -0.4 is 0 Å². The molecule has 116 valence electrons. The van der Waals surface area contributed by atoms with Crippen LogP contribution in [-0.4, -0.2) is 35.2 Å². The Kier molecular flexibility index (Phi) is 5.16. The Morgan fingerprint density at radius 3 is 2.64 bits per heavy atom. The van der Waals surface area contributed by atoms with E-state index in [0.717, 1.165) is 16.7 Å². The number of ether oxygens (including phenoxy) is 1. The zero-order chi connectivity index (χ0) is 16.4. The number of halogens is 2. The molecule has 1 heterocycles. The normalized spacial score (nSPS) is 18.0. The molecule has 0 aromatic heterocycles. The van der Waals surface area contributed by atoms with E-state index in [9.17, 15) is 14.4 Å². The first kappa shape index (κ1) is 16.9. The number of benzene rings is 1. The summed E-state index contributed by atoms with van der Waals surface area (Å²) in [5.74, 6) is -1.22. The standard InChI is InChI=1S/C14H11Cl2NO4S/c1-7(13(19)21-2)17-12(18)11(22-14(17)20)5-8-3-4-9(15)6-10(8)16/h3-7H,1-2H3/b11-5+/t7-/m0/s1. The SMILES string of the molecule is COC(=O)[C@H](C)N1C(=O)S/C(=C/c2ccc(Cl)cc2Cl)C1=O. The lowest BCUT2D eigenvalue weighted by atomic mass is 10.2. The number of hydrogen-bond donors (Lipinski definition) is 0. The summed E-state index contributed by atoms with van der Waals surface area (Å²) in [4.78, 5) is 36.8. The average molecular weight is 360 g/mol. The molecular weight excluding hydrogens is 349 g/mol. The topological polar surface area (TPSA) is 63.7 Å². The molecule has 5 nitrogen and oxygen atoms in total. The van der Waals surface area contributed by atoms with Crippen LogP contribution in [0.3, 0.4) is 0 Å². The molecule has 2 rings (SSSR count). The summed E-state index contributed by atoms with van der Waals surface area (Å²) in [7, 11) is 1.20. The largest absolute Gasteiger partial charge is 0.467 e. The fourth-order valence-electron chi connectivity index (χ4n) is 1.85. The van der Waals surface area contributed by atoms with Gasteiger partial charge in [-0.05, 0) is 42.5 Å². The van der Waals surface area contributed by atoms with Crippen molar-refractivity contribution in [2.75, 3.05) is 7.11 Å². The van der Waals surface area contributed by atoms with Crippen LogP contribution >= 0.6 is 35.0 Å². The summed E-state index contributed by atoms with van der Waals surface area (Å²) in [5.41, 5.74) is 0.558. The van der Waals surface area contributed by atoms with Crippen molar-refractivity contribution in [2.24, 2.45) is 0 Å². The van der Waals surface area contributed by atoms with Crippen molar-refractivity contribution in [3.05, 3.63) is 38.7 Å². The summed E-state index contributed by atoms with van der Waals surface area (Å²) < 4.78 is 4.56. The fourth-order valence-corrected chi connectivity index (χ4v) is 3.21. The molecule has 8 heteroatoms. The molecule has 1 aliphatic heterocycles. The Bertz CT molecular complexity index is 689. The van der Waals surface area contributed by atoms with Gasteiger partial charge in [-0.3, -0.25) is 14.5 Å². The van der Waals surface area contributed by atoms with Gasteiger partial charge in [0.15, 0.2) is 0 Å². The zero-order valence-corrected chi connectivity index (χ0v) is 14.0. The Morgan fingerprint density at radius 2 is 2.05 bits per heavy atom. The molecule has 22 heavy (non-hydrogen) atoms. The molecule has 2 amide bonds. The van der Waals surface area contributed by atoms with Crippen LogP contribution in [0.5, 0.6) is 0 Å². The van der Waals surface area contributed by atoms with E-state index in [4.69, 9.17) is 23.2 Å². The number of imide groups is 1. The third-order valence-electron chi connectivity index (χ3n) is 3.00. The van der Waals surface area contributed by atoms with Crippen LogP contribution in [0.1, 0.15) is 12.5 Å². The maximum Gasteiger partial charge on any atom is 0.328 e. The summed E-state index contributed by atoms with van der Waals surface area (Å²) in [6, 6.07) is 3.82. The number of rotatable bonds is 3. The van der Waals surface area contributed by atoms with Crippen LogP contribution in [-0.2, 0) is 14.3 Å². The molecule has 0 bridgehead atoms. The highest BCUT2D eigenvalue weighted by molar-refractivity contribution is 8.18. The molecule has 1 saturated heterocycles. The van der Waals surface area contributed by atoms with E-state index in [2.05, 4.69) is 4.74 Å². The van der Waals surface area contributed by atoms with Crippen molar-refractivity contribution < 1.29 is 19.1 Å². The molecule has 1 aromatic rings. The maximum absolute atomic E-state index is 12.3. The number of hydrogen-bond acceptors (Lipinski definition) is 5. The minimum Gasteiger partial charge on any atom is -0.467 e. The highest BCUT2D eigenvalue weighted by atomic mass is 35.5. The number of esters is 1. The second-order valence-electron chi connectivity index (χ2n) is 4.42. The summed E-state index contributed by atoms with van der Waals surface area (Å²) in [5, 5.41) is 0.300. The van der Waals surface area contributed by atoms with Gasteiger partial charge in [-0.15, -0.1) is 0 Å². The van der Waals surface area contributed by atoms with Gasteiger partial charge >= 0.3 is 5.97 Å². The van der Waals surface area contributed by atoms with Crippen LogP contribution in [0, 0.1) is 0 Å². The number of amides is 2. The number of thioether (sulfide) groups is 1. The predicted octanol–water partition coefficient (Wildman–Crippen LogP) is 3.59. The van der Waals surface area contributed by atoms with Crippen molar-refractivity contribution >= 4 is 58.2 Å². The Hall–Kier alpha value is -1.50. The minimum absolute atomic E-state index is 0.185. The number of methoxy groups -OCH3 is 1. The van der Waals surface area contributed by atoms with E-state index in [1.807, 2.05) is 0 Å². The number of carbonyl (C=O) groups excluding carboxylic acids is 3. The van der Waals surface area contributed by atoms with E-state index in [0.29, 0.717) is 15.6 Å². The molecule has 0 radical (unpaired) electrons. The van der Waals surface area contributed by atoms with Gasteiger partial charge < -0.3 is 4.74 Å². The molecule has 0 spiro atoms. The molecule has 1 aliphatic rings. The predicted molar refractivity (Wildman–Crippen MR) is 85.8 cm³/mol. The minimum atomic E-state index is -0.982. The summed E-state index contributed by atoms with van der Waals surface area (Å²) >= 11 is 12.6. The van der Waals surface area contributed by atoms with Crippen LogP contribution in [0.2, 0.25) is 10.0 Å². The lowest BCUT2D eigenvalue weighted by molar-refractivity contribution is -0.148. The molecule has 0 unspecified atom stereocenters. The highest BCUT2D eigenvalue weighted by Crippen LogP contribution is 2.35. The number of carbonyl (C=O) groups is 3. The molecule has 1 fully saturated rings. The van der Waals surface area contributed by atoms with Crippen molar-refractivity contribution in [1.29, 1.82) is 0 Å². The first-order valence-electron chi connectivity index (χ1n) is 6.15. The van der Waals surface area contributed by atoms with Gasteiger partial charge in [0.1, 0.15) is 6.04 Å². The Balaban J connectivity index is 2.31. The van der Waals surface area contributed by atoms with Gasteiger partial charge in [0, 0.05) is 10.0 Å². The molecule has 1 atom stereocenters. The van der Waals surface area contributed by atoms with Gasteiger partial charge in [0.05, 0.1) is 12.0 Å². The van der Waals surface area contributed by atoms with E-state index in [1.54, 1.807) is 12.1 Å². The second-order valence-corrected chi connectivity index (χ2v) is 6.25. The Labute approximate surface area is 141 Å².